The van der Waals surface area contributed by atoms with Crippen molar-refractivity contribution in [3.63, 3.8) is 0 Å². The van der Waals surface area contributed by atoms with Gasteiger partial charge < -0.3 is 21.7 Å². The highest BCUT2D eigenvalue weighted by molar-refractivity contribution is 7.89. The van der Waals surface area contributed by atoms with Crippen molar-refractivity contribution in [1.29, 1.82) is 0 Å². The van der Waals surface area contributed by atoms with Gasteiger partial charge in [0, 0.05) is 47.6 Å². The quantitative estimate of drug-likeness (QED) is 0.128. The van der Waals surface area contributed by atoms with Crippen LogP contribution in [0.15, 0.2) is 71.9 Å². The largest absolute Gasteiger partial charge is 0.344 e. The van der Waals surface area contributed by atoms with E-state index in [2.05, 4.69) is 46.3 Å². The number of amides is 2. The fraction of sp³-hybridized carbons (Fsp3) is 0.412. The van der Waals surface area contributed by atoms with E-state index in [-0.39, 0.29) is 35.1 Å². The second-order valence-corrected chi connectivity index (χ2v) is 14.5. The van der Waals surface area contributed by atoms with Crippen molar-refractivity contribution in [2.45, 2.75) is 61.9 Å². The molecule has 7 N–H and O–H groups in total. The average Bonchev–Trinajstić information content (AvgIpc) is 3.68. The third-order valence-corrected chi connectivity index (χ3v) is 10.8. The minimum Gasteiger partial charge on any atom is -0.344 e. The molecule has 6 rings (SSSR count). The number of hydrogen-bond acceptors (Lipinski definition) is 10. The molecular formula is C34H42N10O4S. The van der Waals surface area contributed by atoms with E-state index < -0.39 is 16.1 Å². The first-order valence-corrected chi connectivity index (χ1v) is 18.2. The standard InChI is InChI=1S/C34H42N10O4S/c35-19-23-3-7-26(8-4-23)33(45)39-31(34(46)38-28-11-9-25(10-12-28)32-40-43-44-41-32)17-22-1-5-24(6-2-22)27-18-30(21-37-20-27)49(47,48)42-29-13-15-36-16-14-29/h1-2,5-6,9-12,18,20-21,23,26,29,31,36,42H,3-4,7-8,13-17,19,35H2,(H,38,46)(H,39,45)(H,40,41,43,44)/t23?,26?,31-/m0/s1. The fourth-order valence-electron chi connectivity index (χ4n) is 6.40. The number of benzene rings is 2. The third-order valence-electron chi connectivity index (χ3n) is 9.35. The summed E-state index contributed by atoms with van der Waals surface area (Å²) >= 11 is 0. The molecule has 1 saturated heterocycles. The molecule has 1 aliphatic carbocycles. The second-order valence-electron chi connectivity index (χ2n) is 12.8. The predicted octanol–water partition coefficient (Wildman–Crippen LogP) is 2.39. The van der Waals surface area contributed by atoms with Crippen molar-refractivity contribution >= 4 is 27.5 Å². The van der Waals surface area contributed by atoms with Gasteiger partial charge in [0.05, 0.1) is 0 Å². The monoisotopic (exact) mass is 686 g/mol. The second kappa shape index (κ2) is 15.8. The van der Waals surface area contributed by atoms with Crippen LogP contribution in [0.4, 0.5) is 5.69 Å². The van der Waals surface area contributed by atoms with Crippen LogP contribution in [0.1, 0.15) is 44.1 Å². The molecule has 1 atom stereocenters. The van der Waals surface area contributed by atoms with Crippen molar-refractivity contribution < 1.29 is 18.0 Å². The van der Waals surface area contributed by atoms with Crippen LogP contribution in [0, 0.1) is 11.8 Å². The first kappa shape index (κ1) is 34.3. The lowest BCUT2D eigenvalue weighted by atomic mass is 9.81. The van der Waals surface area contributed by atoms with E-state index in [1.807, 2.05) is 24.3 Å². The van der Waals surface area contributed by atoms with E-state index in [4.69, 9.17) is 5.73 Å². The summed E-state index contributed by atoms with van der Waals surface area (Å²) in [7, 11) is -3.73. The van der Waals surface area contributed by atoms with Gasteiger partial charge in [-0.15, -0.1) is 10.2 Å². The summed E-state index contributed by atoms with van der Waals surface area (Å²) in [6.07, 6.45) is 7.97. The molecule has 1 aliphatic heterocycles. The number of aromatic nitrogens is 5. The van der Waals surface area contributed by atoms with Crippen molar-refractivity contribution in [3.8, 4) is 22.5 Å². The van der Waals surface area contributed by atoms with Crippen LogP contribution in [0.25, 0.3) is 22.5 Å². The lowest BCUT2D eigenvalue weighted by molar-refractivity contribution is -0.130. The van der Waals surface area contributed by atoms with Crippen LogP contribution >= 0.6 is 0 Å². The Balaban J connectivity index is 1.16. The van der Waals surface area contributed by atoms with Gasteiger partial charge in [-0.25, -0.2) is 13.1 Å². The van der Waals surface area contributed by atoms with Gasteiger partial charge in [-0.3, -0.25) is 14.6 Å². The van der Waals surface area contributed by atoms with Gasteiger partial charge in [0.2, 0.25) is 27.7 Å². The average molecular weight is 687 g/mol. The summed E-state index contributed by atoms with van der Waals surface area (Å²) in [5.41, 5.74) is 9.40. The molecule has 3 heterocycles. The number of rotatable bonds is 12. The number of piperidine rings is 1. The van der Waals surface area contributed by atoms with Gasteiger partial charge in [-0.05, 0) is 111 Å². The van der Waals surface area contributed by atoms with Crippen LogP contribution in [-0.4, -0.2) is 77.6 Å². The number of tetrazole rings is 1. The number of nitrogens with one attached hydrogen (secondary N) is 5. The van der Waals surface area contributed by atoms with Gasteiger partial charge in [-0.2, -0.15) is 5.21 Å². The molecule has 2 aromatic heterocycles. The van der Waals surface area contributed by atoms with Gasteiger partial charge in [0.25, 0.3) is 0 Å². The number of carbonyl (C=O) groups is 2. The lowest BCUT2D eigenvalue weighted by Crippen LogP contribution is -2.48. The molecule has 258 valence electrons. The van der Waals surface area contributed by atoms with Gasteiger partial charge in [0.1, 0.15) is 10.9 Å². The molecule has 0 spiro atoms. The number of aromatic amines is 1. The number of nitrogens with two attached hydrogens (primary N) is 1. The number of pyridine rings is 1. The molecule has 2 aromatic carbocycles. The van der Waals surface area contributed by atoms with Gasteiger partial charge in [-0.1, -0.05) is 24.3 Å². The van der Waals surface area contributed by atoms with Crippen molar-refractivity contribution in [3.05, 3.63) is 72.6 Å². The summed E-state index contributed by atoms with van der Waals surface area (Å²) in [5, 5.41) is 23.2. The number of carbonyl (C=O) groups excluding carboxylic acids is 2. The highest BCUT2D eigenvalue weighted by Crippen LogP contribution is 2.29. The minimum atomic E-state index is -3.73. The normalized spacial score (nSPS) is 19.2. The lowest BCUT2D eigenvalue weighted by Gasteiger charge is -2.28. The molecule has 2 fully saturated rings. The van der Waals surface area contributed by atoms with Crippen molar-refractivity contribution in [2.24, 2.45) is 17.6 Å². The van der Waals surface area contributed by atoms with E-state index in [0.717, 1.165) is 68.3 Å². The molecule has 1 saturated carbocycles. The zero-order valence-electron chi connectivity index (χ0n) is 27.1. The molecule has 4 aromatic rings. The molecule has 14 nitrogen and oxygen atoms in total. The van der Waals surface area contributed by atoms with Crippen molar-refractivity contribution in [1.82, 2.24) is 41.0 Å². The maximum atomic E-state index is 13.7. The molecule has 15 heteroatoms. The highest BCUT2D eigenvalue weighted by atomic mass is 32.2. The molecule has 0 radical (unpaired) electrons. The molecule has 0 unspecified atom stereocenters. The Morgan fingerprint density at radius 1 is 0.898 bits per heavy atom. The molecule has 2 aliphatic rings. The topological polar surface area (TPSA) is 210 Å². The molecule has 0 bridgehead atoms. The maximum Gasteiger partial charge on any atom is 0.247 e. The van der Waals surface area contributed by atoms with Crippen LogP contribution < -0.4 is 26.4 Å². The number of nitrogens with zero attached hydrogens (tertiary/aromatic N) is 4. The Hall–Kier alpha value is -4.57. The van der Waals surface area contributed by atoms with Crippen LogP contribution in [0.3, 0.4) is 0 Å². The Morgan fingerprint density at radius 2 is 1.61 bits per heavy atom. The maximum absolute atomic E-state index is 13.7. The summed E-state index contributed by atoms with van der Waals surface area (Å²) < 4.78 is 29.0. The van der Waals surface area contributed by atoms with Gasteiger partial charge in [0.15, 0.2) is 0 Å². The predicted molar refractivity (Wildman–Crippen MR) is 184 cm³/mol. The van der Waals surface area contributed by atoms with Crippen LogP contribution in [0.2, 0.25) is 0 Å². The third kappa shape index (κ3) is 8.92. The van der Waals surface area contributed by atoms with Crippen molar-refractivity contribution in [2.75, 3.05) is 25.0 Å². The smallest absolute Gasteiger partial charge is 0.247 e. The first-order chi connectivity index (χ1) is 23.8. The highest BCUT2D eigenvalue weighted by Gasteiger charge is 2.29. The first-order valence-electron chi connectivity index (χ1n) is 16.7. The Morgan fingerprint density at radius 3 is 2.29 bits per heavy atom. The van der Waals surface area contributed by atoms with E-state index in [1.165, 1.54) is 6.20 Å². The summed E-state index contributed by atoms with van der Waals surface area (Å²) in [4.78, 5) is 31.4. The zero-order valence-corrected chi connectivity index (χ0v) is 28.0. The van der Waals surface area contributed by atoms with Crippen LogP contribution in [-0.2, 0) is 26.0 Å². The van der Waals surface area contributed by atoms with Crippen LogP contribution in [0.5, 0.6) is 0 Å². The molecule has 2 amide bonds. The molecular weight excluding hydrogens is 645 g/mol. The summed E-state index contributed by atoms with van der Waals surface area (Å²) in [6.45, 7) is 2.16. The fourth-order valence-corrected chi connectivity index (χ4v) is 7.69. The van der Waals surface area contributed by atoms with E-state index in [1.54, 1.807) is 36.5 Å². The van der Waals surface area contributed by atoms with E-state index >= 15 is 0 Å². The minimum absolute atomic E-state index is 0.109. The number of sulfonamides is 1. The SMILES string of the molecule is NCC1CCC(C(=O)N[C@@H](Cc2ccc(-c3cncc(S(=O)(=O)NC4CCNCC4)c3)cc2)C(=O)Nc2ccc(-c3nn[nH]n3)cc2)CC1. The summed E-state index contributed by atoms with van der Waals surface area (Å²) in [6, 6.07) is 15.2. The zero-order chi connectivity index (χ0) is 34.2. The number of anilines is 1. The summed E-state index contributed by atoms with van der Waals surface area (Å²) in [5.74, 6) is 0.216. The van der Waals surface area contributed by atoms with Gasteiger partial charge >= 0.3 is 0 Å². The van der Waals surface area contributed by atoms with E-state index in [9.17, 15) is 18.0 Å². The molecule has 49 heavy (non-hydrogen) atoms. The Labute approximate surface area is 285 Å². The number of H-pyrrole nitrogens is 1. The van der Waals surface area contributed by atoms with E-state index in [0.29, 0.717) is 29.5 Å². The number of hydrogen-bond donors (Lipinski definition) is 6. The Kier molecular flexibility index (Phi) is 11.0. The Bertz CT molecular complexity index is 1800.